The molecule has 1 saturated heterocycles. The highest BCUT2D eigenvalue weighted by Gasteiger charge is 2.29. The summed E-state index contributed by atoms with van der Waals surface area (Å²) in [6.07, 6.45) is 0. The van der Waals surface area contributed by atoms with Gasteiger partial charge in [0.15, 0.2) is 0 Å². The largest absolute Gasteiger partial charge is 0.361 e. The molecule has 0 saturated carbocycles. The molecule has 1 fully saturated rings. The predicted octanol–water partition coefficient (Wildman–Crippen LogP) is 3.43. The Hall–Kier alpha value is -3.20. The van der Waals surface area contributed by atoms with E-state index in [1.807, 2.05) is 0 Å². The number of para-hydroxylation sites is 1. The van der Waals surface area contributed by atoms with Gasteiger partial charge in [-0.05, 0) is 19.1 Å². The Kier molecular flexibility index (Phi) is 5.46. The summed E-state index contributed by atoms with van der Waals surface area (Å²) in [5.74, 6) is -0.297. The van der Waals surface area contributed by atoms with E-state index in [0.717, 1.165) is 0 Å². The highest BCUT2D eigenvalue weighted by molar-refractivity contribution is 6.33. The second-order valence-electron chi connectivity index (χ2n) is 6.35. The first-order chi connectivity index (χ1) is 13.3. The molecule has 1 heterocycles. The van der Waals surface area contributed by atoms with Crippen molar-refractivity contribution in [2.45, 2.75) is 6.92 Å². The maximum absolute atomic E-state index is 12.8. The molecule has 2 aromatic rings. The summed E-state index contributed by atoms with van der Waals surface area (Å²) in [6.45, 7) is 2.93. The van der Waals surface area contributed by atoms with E-state index < -0.39 is 9.85 Å². The first-order valence-corrected chi connectivity index (χ1v) is 8.90. The van der Waals surface area contributed by atoms with E-state index in [1.165, 1.54) is 24.3 Å². The molecule has 0 aliphatic carbocycles. The van der Waals surface area contributed by atoms with Crippen LogP contribution in [0.5, 0.6) is 0 Å². The molecule has 0 aromatic heterocycles. The van der Waals surface area contributed by atoms with Gasteiger partial charge in [0.2, 0.25) is 0 Å². The smallest absolute Gasteiger partial charge is 0.294 e. The van der Waals surface area contributed by atoms with Gasteiger partial charge in [0, 0.05) is 49.4 Å². The van der Waals surface area contributed by atoms with Gasteiger partial charge in [0.25, 0.3) is 17.3 Å². The average molecular weight is 405 g/mol. The Morgan fingerprint density at radius 1 is 0.964 bits per heavy atom. The van der Waals surface area contributed by atoms with Crippen LogP contribution in [0.1, 0.15) is 15.9 Å². The Bertz CT molecular complexity index is 957. The van der Waals surface area contributed by atoms with Crippen LogP contribution in [0.15, 0.2) is 36.4 Å². The van der Waals surface area contributed by atoms with Gasteiger partial charge in [-0.2, -0.15) is 0 Å². The van der Waals surface area contributed by atoms with Crippen molar-refractivity contribution in [3.05, 3.63) is 72.8 Å². The van der Waals surface area contributed by atoms with E-state index in [1.54, 1.807) is 28.9 Å². The number of carbonyl (C=O) groups excluding carboxylic acids is 1. The molecule has 2 aromatic carbocycles. The van der Waals surface area contributed by atoms with Gasteiger partial charge in [0.05, 0.1) is 14.9 Å². The lowest BCUT2D eigenvalue weighted by atomic mass is 10.1. The predicted molar refractivity (Wildman–Crippen MR) is 104 cm³/mol. The number of nitrogens with zero attached hydrogens (tertiary/aromatic N) is 4. The molecule has 9 nitrogen and oxygen atoms in total. The number of nitro benzene ring substituents is 2. The zero-order valence-electron chi connectivity index (χ0n) is 15.0. The van der Waals surface area contributed by atoms with Crippen LogP contribution in [0, 0.1) is 27.2 Å². The lowest BCUT2D eigenvalue weighted by Crippen LogP contribution is -2.49. The van der Waals surface area contributed by atoms with Crippen LogP contribution in [-0.2, 0) is 0 Å². The third-order valence-electron chi connectivity index (χ3n) is 4.78. The van der Waals surface area contributed by atoms with Crippen molar-refractivity contribution in [1.82, 2.24) is 4.90 Å². The Morgan fingerprint density at radius 2 is 1.54 bits per heavy atom. The molecule has 146 valence electrons. The van der Waals surface area contributed by atoms with Gasteiger partial charge >= 0.3 is 0 Å². The Morgan fingerprint density at radius 3 is 2.14 bits per heavy atom. The monoisotopic (exact) mass is 404 g/mol. The van der Waals surface area contributed by atoms with Crippen molar-refractivity contribution in [2.75, 3.05) is 31.1 Å². The third kappa shape index (κ3) is 3.61. The average Bonchev–Trinajstić information content (AvgIpc) is 2.67. The van der Waals surface area contributed by atoms with Crippen LogP contribution in [0.4, 0.5) is 17.1 Å². The first-order valence-electron chi connectivity index (χ1n) is 8.52. The lowest BCUT2D eigenvalue weighted by Gasteiger charge is -2.36. The minimum atomic E-state index is -0.513. The number of anilines is 1. The van der Waals surface area contributed by atoms with Crippen LogP contribution < -0.4 is 4.90 Å². The number of amides is 1. The zero-order chi connectivity index (χ0) is 20.4. The molecule has 3 rings (SSSR count). The normalized spacial score (nSPS) is 14.1. The summed E-state index contributed by atoms with van der Waals surface area (Å²) in [4.78, 5) is 37.6. The number of piperazine rings is 1. The topological polar surface area (TPSA) is 110 Å². The molecule has 0 radical (unpaired) electrons. The lowest BCUT2D eigenvalue weighted by molar-refractivity contribution is -0.385. The number of nitro groups is 2. The molecule has 0 unspecified atom stereocenters. The summed E-state index contributed by atoms with van der Waals surface area (Å²) in [7, 11) is 0. The number of hydrogen-bond donors (Lipinski definition) is 0. The van der Waals surface area contributed by atoms with E-state index in [9.17, 15) is 25.0 Å². The fourth-order valence-corrected chi connectivity index (χ4v) is 3.61. The van der Waals surface area contributed by atoms with Gasteiger partial charge in [-0.15, -0.1) is 0 Å². The van der Waals surface area contributed by atoms with Crippen molar-refractivity contribution in [2.24, 2.45) is 0 Å². The van der Waals surface area contributed by atoms with Crippen molar-refractivity contribution < 1.29 is 14.6 Å². The van der Waals surface area contributed by atoms with Gasteiger partial charge < -0.3 is 9.80 Å². The van der Waals surface area contributed by atoms with E-state index in [4.69, 9.17) is 11.6 Å². The Labute approximate surface area is 165 Å². The van der Waals surface area contributed by atoms with E-state index in [2.05, 4.69) is 0 Å². The molecule has 1 amide bonds. The molecule has 28 heavy (non-hydrogen) atoms. The molecule has 1 aliphatic heterocycles. The molecule has 10 heteroatoms. The summed E-state index contributed by atoms with van der Waals surface area (Å²) >= 11 is 6.18. The van der Waals surface area contributed by atoms with Crippen molar-refractivity contribution >= 4 is 34.6 Å². The molecule has 0 atom stereocenters. The van der Waals surface area contributed by atoms with Crippen molar-refractivity contribution in [1.29, 1.82) is 0 Å². The molecular formula is C18H17ClN4O5. The van der Waals surface area contributed by atoms with Crippen molar-refractivity contribution in [3.8, 4) is 0 Å². The van der Waals surface area contributed by atoms with Crippen LogP contribution in [-0.4, -0.2) is 46.8 Å². The highest BCUT2D eigenvalue weighted by Crippen LogP contribution is 2.36. The van der Waals surface area contributed by atoms with Gasteiger partial charge in [-0.1, -0.05) is 23.7 Å². The SMILES string of the molecule is Cc1c(C(=O)N2CCN(c3c(Cl)cccc3[N+](=O)[O-])CC2)cccc1[N+](=O)[O-]. The van der Waals surface area contributed by atoms with Crippen LogP contribution in [0.2, 0.25) is 5.02 Å². The van der Waals surface area contributed by atoms with Gasteiger partial charge in [-0.25, -0.2) is 0 Å². The fraction of sp³-hybridized carbons (Fsp3) is 0.278. The number of halogens is 1. The number of rotatable bonds is 4. The number of benzene rings is 2. The molecule has 0 spiro atoms. The van der Waals surface area contributed by atoms with Crippen LogP contribution >= 0.6 is 11.6 Å². The van der Waals surface area contributed by atoms with Gasteiger partial charge in [0.1, 0.15) is 5.69 Å². The minimum absolute atomic E-state index is 0.0817. The standard InChI is InChI=1S/C18H17ClN4O5/c1-12-13(4-2-6-15(12)22(25)26)18(24)21-10-8-20(9-11-21)17-14(19)5-3-7-16(17)23(27)28/h2-7H,8-11H2,1H3. The fourth-order valence-electron chi connectivity index (χ4n) is 3.32. The second-order valence-corrected chi connectivity index (χ2v) is 6.76. The maximum atomic E-state index is 12.8. The number of carbonyl (C=O) groups is 1. The molecular weight excluding hydrogens is 388 g/mol. The maximum Gasteiger partial charge on any atom is 0.294 e. The summed E-state index contributed by atoms with van der Waals surface area (Å²) in [5, 5.41) is 22.7. The molecule has 0 N–H and O–H groups in total. The van der Waals surface area contributed by atoms with Crippen LogP contribution in [0.25, 0.3) is 0 Å². The molecule has 1 aliphatic rings. The van der Waals surface area contributed by atoms with E-state index in [-0.39, 0.29) is 27.9 Å². The number of hydrogen-bond acceptors (Lipinski definition) is 6. The second kappa shape index (κ2) is 7.81. The van der Waals surface area contributed by atoms with E-state index >= 15 is 0 Å². The summed E-state index contributed by atoms with van der Waals surface area (Å²) < 4.78 is 0. The van der Waals surface area contributed by atoms with Crippen molar-refractivity contribution in [3.63, 3.8) is 0 Å². The third-order valence-corrected chi connectivity index (χ3v) is 5.08. The Balaban J connectivity index is 1.79. The minimum Gasteiger partial charge on any atom is -0.361 e. The quantitative estimate of drug-likeness (QED) is 0.570. The van der Waals surface area contributed by atoms with Gasteiger partial charge in [-0.3, -0.25) is 25.0 Å². The summed E-state index contributed by atoms with van der Waals surface area (Å²) in [6, 6.07) is 8.92. The zero-order valence-corrected chi connectivity index (χ0v) is 15.8. The first kappa shape index (κ1) is 19.6. The van der Waals surface area contributed by atoms with Crippen LogP contribution in [0.3, 0.4) is 0 Å². The van der Waals surface area contributed by atoms with E-state index in [0.29, 0.717) is 37.4 Å². The highest BCUT2D eigenvalue weighted by atomic mass is 35.5. The summed E-state index contributed by atoms with van der Waals surface area (Å²) in [5.41, 5.74) is 0.763. The molecule has 0 bridgehead atoms.